The fraction of sp³-hybridized carbons (Fsp3) is 0.500. The van der Waals surface area contributed by atoms with Gasteiger partial charge in [0.05, 0.1) is 6.04 Å². The van der Waals surface area contributed by atoms with Crippen LogP contribution in [0.1, 0.15) is 44.7 Å². The van der Waals surface area contributed by atoms with Gasteiger partial charge in [0, 0.05) is 17.5 Å². The molecule has 0 spiro atoms. The Kier molecular flexibility index (Phi) is 6.16. The first-order valence-electron chi connectivity index (χ1n) is 6.30. The van der Waals surface area contributed by atoms with E-state index in [1.165, 1.54) is 0 Å². The van der Waals surface area contributed by atoms with Gasteiger partial charge in [-0.25, -0.2) is 0 Å². The maximum atomic E-state index is 11.7. The molecule has 0 heterocycles. The van der Waals surface area contributed by atoms with E-state index >= 15 is 0 Å². The molecule has 0 saturated carbocycles. The number of hydrogen-bond donors (Lipinski definition) is 2. The monoisotopic (exact) mass is 268 g/mol. The molecule has 0 aromatic heterocycles. The van der Waals surface area contributed by atoms with Crippen molar-refractivity contribution in [3.63, 3.8) is 0 Å². The van der Waals surface area contributed by atoms with E-state index in [1.807, 2.05) is 38.1 Å². The third-order valence-electron chi connectivity index (χ3n) is 2.81. The van der Waals surface area contributed by atoms with Crippen LogP contribution in [0.4, 0.5) is 0 Å². The minimum Gasteiger partial charge on any atom is -0.350 e. The Morgan fingerprint density at radius 1 is 1.39 bits per heavy atom. The lowest BCUT2D eigenvalue weighted by molar-refractivity contribution is -0.121. The number of nitrogens with two attached hydrogens (primary N) is 1. The molecule has 1 amide bonds. The molecule has 1 rings (SSSR count). The predicted molar refractivity (Wildman–Crippen MR) is 75.5 cm³/mol. The predicted octanol–water partition coefficient (Wildman–Crippen LogP) is 3.03. The molecule has 3 N–H and O–H groups in total. The molecule has 0 saturated heterocycles. The summed E-state index contributed by atoms with van der Waals surface area (Å²) in [5, 5.41) is 3.63. The van der Waals surface area contributed by atoms with Crippen molar-refractivity contribution >= 4 is 17.5 Å². The fourth-order valence-corrected chi connectivity index (χ4v) is 2.10. The highest BCUT2D eigenvalue weighted by molar-refractivity contribution is 6.31. The van der Waals surface area contributed by atoms with Crippen LogP contribution in [0.5, 0.6) is 0 Å². The average molecular weight is 269 g/mol. The Bertz CT molecular complexity index is 393. The zero-order chi connectivity index (χ0) is 13.5. The molecule has 0 aliphatic heterocycles. The van der Waals surface area contributed by atoms with Gasteiger partial charge < -0.3 is 11.1 Å². The van der Waals surface area contributed by atoms with Crippen LogP contribution in [0.15, 0.2) is 24.3 Å². The Labute approximate surface area is 114 Å². The fourth-order valence-electron chi connectivity index (χ4n) is 1.80. The van der Waals surface area contributed by atoms with Gasteiger partial charge >= 0.3 is 0 Å². The van der Waals surface area contributed by atoms with Crippen molar-refractivity contribution in [2.45, 2.75) is 45.2 Å². The minimum absolute atomic E-state index is 0.0445. The third-order valence-corrected chi connectivity index (χ3v) is 3.16. The molecule has 0 bridgehead atoms. The van der Waals surface area contributed by atoms with E-state index in [0.717, 1.165) is 18.4 Å². The number of halogens is 1. The first kappa shape index (κ1) is 15.0. The Morgan fingerprint density at radius 3 is 2.67 bits per heavy atom. The van der Waals surface area contributed by atoms with Crippen LogP contribution in [0.25, 0.3) is 0 Å². The van der Waals surface area contributed by atoms with Crippen molar-refractivity contribution in [2.75, 3.05) is 0 Å². The van der Waals surface area contributed by atoms with Crippen LogP contribution >= 0.6 is 11.6 Å². The third kappa shape index (κ3) is 5.07. The van der Waals surface area contributed by atoms with Crippen LogP contribution in [-0.2, 0) is 4.79 Å². The lowest BCUT2D eigenvalue weighted by Crippen LogP contribution is -2.27. The summed E-state index contributed by atoms with van der Waals surface area (Å²) in [7, 11) is 0. The number of carbonyl (C=O) groups excluding carboxylic acids is 1. The quantitative estimate of drug-likeness (QED) is 0.833. The van der Waals surface area contributed by atoms with Crippen molar-refractivity contribution in [3.05, 3.63) is 34.9 Å². The van der Waals surface area contributed by atoms with Gasteiger partial charge in [0.1, 0.15) is 0 Å². The number of nitrogens with one attached hydrogen (secondary N) is 1. The highest BCUT2D eigenvalue weighted by Gasteiger charge is 2.11. The van der Waals surface area contributed by atoms with E-state index in [4.69, 9.17) is 17.3 Å². The van der Waals surface area contributed by atoms with Gasteiger partial charge in [0.25, 0.3) is 0 Å². The van der Waals surface area contributed by atoms with Gasteiger partial charge in [-0.1, -0.05) is 29.8 Å². The Hall–Kier alpha value is -1.06. The Morgan fingerprint density at radius 2 is 2.06 bits per heavy atom. The SMILES string of the molecule is CC(N)CCCC(=O)N[C@@H](C)c1ccccc1Cl. The number of amides is 1. The molecule has 0 aliphatic rings. The first-order chi connectivity index (χ1) is 8.50. The maximum Gasteiger partial charge on any atom is 0.220 e. The van der Waals surface area contributed by atoms with E-state index in [1.54, 1.807) is 0 Å². The molecule has 0 fully saturated rings. The molecule has 100 valence electrons. The van der Waals surface area contributed by atoms with Gasteiger partial charge in [0.2, 0.25) is 5.91 Å². The molecule has 3 nitrogen and oxygen atoms in total. The highest BCUT2D eigenvalue weighted by atomic mass is 35.5. The summed E-state index contributed by atoms with van der Waals surface area (Å²) in [4.78, 5) is 11.7. The van der Waals surface area contributed by atoms with E-state index in [0.29, 0.717) is 11.4 Å². The van der Waals surface area contributed by atoms with Crippen LogP contribution < -0.4 is 11.1 Å². The van der Waals surface area contributed by atoms with Gasteiger partial charge in [-0.15, -0.1) is 0 Å². The molecular weight excluding hydrogens is 248 g/mol. The number of hydrogen-bond acceptors (Lipinski definition) is 2. The van der Waals surface area contributed by atoms with Crippen LogP contribution in [-0.4, -0.2) is 11.9 Å². The minimum atomic E-state index is -0.0681. The second kappa shape index (κ2) is 7.39. The van der Waals surface area contributed by atoms with Crippen molar-refractivity contribution in [3.8, 4) is 0 Å². The highest BCUT2D eigenvalue weighted by Crippen LogP contribution is 2.22. The molecular formula is C14H21ClN2O. The molecule has 2 atom stereocenters. The summed E-state index contributed by atoms with van der Waals surface area (Å²) in [5.41, 5.74) is 6.59. The Balaban J connectivity index is 2.42. The maximum absolute atomic E-state index is 11.7. The first-order valence-corrected chi connectivity index (χ1v) is 6.68. The zero-order valence-corrected chi connectivity index (χ0v) is 11.7. The molecule has 0 radical (unpaired) electrons. The number of carbonyl (C=O) groups is 1. The number of rotatable bonds is 6. The van der Waals surface area contributed by atoms with E-state index in [2.05, 4.69) is 5.32 Å². The topological polar surface area (TPSA) is 55.1 Å². The summed E-state index contributed by atoms with van der Waals surface area (Å²) < 4.78 is 0. The largest absolute Gasteiger partial charge is 0.350 e. The normalized spacial score (nSPS) is 14.0. The lowest BCUT2D eigenvalue weighted by atomic mass is 10.1. The van der Waals surface area contributed by atoms with Crippen molar-refractivity contribution in [1.82, 2.24) is 5.32 Å². The van der Waals surface area contributed by atoms with Crippen LogP contribution in [0, 0.1) is 0 Å². The molecule has 1 aromatic carbocycles. The number of benzene rings is 1. The van der Waals surface area contributed by atoms with Gasteiger partial charge in [0.15, 0.2) is 0 Å². The van der Waals surface area contributed by atoms with Crippen molar-refractivity contribution in [2.24, 2.45) is 5.73 Å². The van der Waals surface area contributed by atoms with Crippen LogP contribution in [0.3, 0.4) is 0 Å². The summed E-state index contributed by atoms with van der Waals surface area (Å²) in [5.74, 6) is 0.0445. The standard InChI is InChI=1S/C14H21ClN2O/c1-10(16)6-5-9-14(18)17-11(2)12-7-3-4-8-13(12)15/h3-4,7-8,10-11H,5-6,9,16H2,1-2H3,(H,17,18)/t10?,11-/m0/s1. The van der Waals surface area contributed by atoms with E-state index in [-0.39, 0.29) is 18.0 Å². The summed E-state index contributed by atoms with van der Waals surface area (Å²) >= 11 is 6.08. The second-order valence-corrected chi connectivity index (χ2v) is 5.09. The van der Waals surface area contributed by atoms with Crippen molar-refractivity contribution in [1.29, 1.82) is 0 Å². The summed E-state index contributed by atoms with van der Waals surface area (Å²) in [6.07, 6.45) is 2.20. The average Bonchev–Trinajstić information content (AvgIpc) is 2.28. The smallest absolute Gasteiger partial charge is 0.220 e. The second-order valence-electron chi connectivity index (χ2n) is 4.68. The molecule has 4 heteroatoms. The van der Waals surface area contributed by atoms with E-state index < -0.39 is 0 Å². The van der Waals surface area contributed by atoms with E-state index in [9.17, 15) is 4.79 Å². The lowest BCUT2D eigenvalue weighted by Gasteiger charge is -2.15. The van der Waals surface area contributed by atoms with Gasteiger partial charge in [-0.3, -0.25) is 4.79 Å². The molecule has 0 aliphatic carbocycles. The molecule has 18 heavy (non-hydrogen) atoms. The summed E-state index contributed by atoms with van der Waals surface area (Å²) in [6, 6.07) is 7.63. The molecule has 1 unspecified atom stereocenters. The zero-order valence-electron chi connectivity index (χ0n) is 10.9. The van der Waals surface area contributed by atoms with Crippen molar-refractivity contribution < 1.29 is 4.79 Å². The van der Waals surface area contributed by atoms with Crippen LogP contribution in [0.2, 0.25) is 5.02 Å². The van der Waals surface area contributed by atoms with Gasteiger partial charge in [-0.05, 0) is 38.3 Å². The summed E-state index contributed by atoms with van der Waals surface area (Å²) in [6.45, 7) is 3.88. The molecule has 1 aromatic rings. The van der Waals surface area contributed by atoms with Gasteiger partial charge in [-0.2, -0.15) is 0 Å².